The Morgan fingerprint density at radius 2 is 1.69 bits per heavy atom. The van der Waals surface area contributed by atoms with Gasteiger partial charge in [-0.2, -0.15) is 4.31 Å². The summed E-state index contributed by atoms with van der Waals surface area (Å²) in [5, 5.41) is 5.32. The van der Waals surface area contributed by atoms with Crippen molar-refractivity contribution in [2.24, 2.45) is 0 Å². The van der Waals surface area contributed by atoms with E-state index in [0.717, 1.165) is 53.3 Å². The fraction of sp³-hybridized carbons (Fsp3) is 0.259. The monoisotopic (exact) mass is 503 g/mol. The van der Waals surface area contributed by atoms with Crippen LogP contribution < -0.4 is 5.32 Å². The number of aryl methyl sites for hydroxylation is 2. The fourth-order valence-electron chi connectivity index (χ4n) is 5.03. The molecule has 1 aliphatic carbocycles. The number of aromatic nitrogens is 1. The van der Waals surface area contributed by atoms with Crippen LogP contribution in [0.15, 0.2) is 71.6 Å². The smallest absolute Gasteiger partial charge is 0.244 e. The summed E-state index contributed by atoms with van der Waals surface area (Å²) < 4.78 is 29.1. The van der Waals surface area contributed by atoms with Crippen LogP contribution >= 0.6 is 11.3 Å². The first-order chi connectivity index (χ1) is 17.0. The predicted molar refractivity (Wildman–Crippen MR) is 138 cm³/mol. The number of hydrogen-bond acceptors (Lipinski definition) is 5. The van der Waals surface area contributed by atoms with Crippen molar-refractivity contribution in [1.29, 1.82) is 0 Å². The first-order valence-corrected chi connectivity index (χ1v) is 14.1. The van der Waals surface area contributed by atoms with Crippen molar-refractivity contribution in [3.8, 4) is 0 Å². The van der Waals surface area contributed by atoms with Gasteiger partial charge in [-0.3, -0.25) is 4.79 Å². The first-order valence-electron chi connectivity index (χ1n) is 11.9. The van der Waals surface area contributed by atoms with E-state index in [9.17, 15) is 13.2 Å². The molecular formula is C27H25N3O3S2. The minimum absolute atomic E-state index is 0.151. The highest BCUT2D eigenvalue weighted by atomic mass is 32.2. The molecule has 6 rings (SSSR count). The maximum Gasteiger partial charge on any atom is 0.244 e. The Morgan fingerprint density at radius 1 is 0.943 bits per heavy atom. The van der Waals surface area contributed by atoms with E-state index in [1.54, 1.807) is 12.1 Å². The highest BCUT2D eigenvalue weighted by molar-refractivity contribution is 7.89. The fourth-order valence-corrected chi connectivity index (χ4v) is 7.69. The molecular weight excluding hydrogens is 478 g/mol. The number of amides is 1. The number of carbonyl (C=O) groups excluding carboxylic acids is 1. The van der Waals surface area contributed by atoms with E-state index >= 15 is 0 Å². The van der Waals surface area contributed by atoms with Gasteiger partial charge in [-0.05, 0) is 66.1 Å². The summed E-state index contributed by atoms with van der Waals surface area (Å²) in [5.74, 6) is -0.338. The highest BCUT2D eigenvalue weighted by Crippen LogP contribution is 2.33. The van der Waals surface area contributed by atoms with Crippen LogP contribution in [-0.2, 0) is 40.6 Å². The Bertz CT molecular complexity index is 1520. The van der Waals surface area contributed by atoms with Crippen molar-refractivity contribution in [3.05, 3.63) is 88.4 Å². The van der Waals surface area contributed by atoms with E-state index in [0.29, 0.717) is 11.6 Å². The van der Waals surface area contributed by atoms with Gasteiger partial charge in [0.05, 0.1) is 10.6 Å². The van der Waals surface area contributed by atoms with Crippen LogP contribution in [0.2, 0.25) is 0 Å². The zero-order chi connectivity index (χ0) is 24.0. The molecule has 3 aromatic carbocycles. The zero-order valence-electron chi connectivity index (χ0n) is 19.1. The van der Waals surface area contributed by atoms with Crippen LogP contribution in [0.5, 0.6) is 0 Å². The van der Waals surface area contributed by atoms with Crippen LogP contribution in [0, 0.1) is 0 Å². The van der Waals surface area contributed by atoms with Gasteiger partial charge in [0, 0.05) is 11.4 Å². The van der Waals surface area contributed by atoms with Gasteiger partial charge in [0.15, 0.2) is 5.13 Å². The number of sulfonamides is 1. The molecule has 0 saturated carbocycles. The average Bonchev–Trinajstić information content (AvgIpc) is 3.30. The highest BCUT2D eigenvalue weighted by Gasteiger charge is 2.40. The quantitative estimate of drug-likeness (QED) is 0.428. The lowest BCUT2D eigenvalue weighted by Gasteiger charge is -2.34. The number of nitrogens with zero attached hydrogens (tertiary/aromatic N) is 2. The molecule has 1 N–H and O–H groups in total. The molecule has 0 radical (unpaired) electrons. The standard InChI is InChI=1S/C27H25N3O3S2/c31-26(29-27-28-23-11-5-6-12-25(23)34-27)24-16-20-9-3-4-10-21(20)17-30(24)35(32,33)22-14-13-18-7-1-2-8-19(18)15-22/h1-4,7-10,13-15,24H,5-6,11-12,16-17H2,(H,28,29,31). The molecule has 8 heteroatoms. The van der Waals surface area contributed by atoms with Gasteiger partial charge in [0.2, 0.25) is 15.9 Å². The molecule has 0 spiro atoms. The van der Waals surface area contributed by atoms with Crippen molar-refractivity contribution < 1.29 is 13.2 Å². The van der Waals surface area contributed by atoms with Crippen LogP contribution in [0.25, 0.3) is 10.8 Å². The van der Waals surface area contributed by atoms with Gasteiger partial charge in [0.25, 0.3) is 0 Å². The summed E-state index contributed by atoms with van der Waals surface area (Å²) in [7, 11) is -3.93. The molecule has 4 aromatic rings. The van der Waals surface area contributed by atoms with E-state index in [1.807, 2.05) is 54.6 Å². The third-order valence-corrected chi connectivity index (χ3v) is 9.83. The third kappa shape index (κ3) is 4.16. The number of thiazole rings is 1. The van der Waals surface area contributed by atoms with E-state index in [1.165, 1.54) is 20.5 Å². The number of benzene rings is 3. The average molecular weight is 504 g/mol. The van der Waals surface area contributed by atoms with Crippen molar-refractivity contribution in [2.75, 3.05) is 5.32 Å². The number of fused-ring (bicyclic) bond motifs is 3. The van der Waals surface area contributed by atoms with Gasteiger partial charge in [-0.15, -0.1) is 11.3 Å². The van der Waals surface area contributed by atoms with Crippen LogP contribution in [-0.4, -0.2) is 29.7 Å². The Kier molecular flexibility index (Phi) is 5.67. The number of rotatable bonds is 4. The minimum atomic E-state index is -3.93. The summed E-state index contributed by atoms with van der Waals surface area (Å²) >= 11 is 1.51. The van der Waals surface area contributed by atoms with Crippen molar-refractivity contribution in [3.63, 3.8) is 0 Å². The Balaban J connectivity index is 1.36. The van der Waals surface area contributed by atoms with Crippen molar-refractivity contribution in [1.82, 2.24) is 9.29 Å². The molecule has 6 nitrogen and oxygen atoms in total. The largest absolute Gasteiger partial charge is 0.301 e. The number of anilines is 1. The molecule has 0 fully saturated rings. The summed E-state index contributed by atoms with van der Waals surface area (Å²) in [6, 6.07) is 19.7. The Hall–Kier alpha value is -3.07. The predicted octanol–water partition coefficient (Wildman–Crippen LogP) is 4.93. The van der Waals surface area contributed by atoms with Gasteiger partial charge in [0.1, 0.15) is 6.04 Å². The molecule has 1 amide bonds. The molecule has 1 aromatic heterocycles. The molecule has 1 atom stereocenters. The molecule has 0 saturated heterocycles. The lowest BCUT2D eigenvalue weighted by atomic mass is 9.95. The molecule has 1 aliphatic heterocycles. The molecule has 35 heavy (non-hydrogen) atoms. The minimum Gasteiger partial charge on any atom is -0.301 e. The number of nitrogens with one attached hydrogen (secondary N) is 1. The van der Waals surface area contributed by atoms with Crippen LogP contribution in [0.4, 0.5) is 5.13 Å². The number of carbonyl (C=O) groups is 1. The Labute approximate surface area is 208 Å². The summed E-state index contributed by atoms with van der Waals surface area (Å²) in [6.45, 7) is 0.151. The summed E-state index contributed by atoms with van der Waals surface area (Å²) in [4.78, 5) is 19.6. The summed E-state index contributed by atoms with van der Waals surface area (Å²) in [5.41, 5.74) is 2.98. The zero-order valence-corrected chi connectivity index (χ0v) is 20.7. The topological polar surface area (TPSA) is 79.4 Å². The van der Waals surface area contributed by atoms with Gasteiger partial charge < -0.3 is 5.32 Å². The SMILES string of the molecule is O=C(Nc1nc2c(s1)CCCC2)C1Cc2ccccc2CN1S(=O)(=O)c1ccc2ccccc2c1. The summed E-state index contributed by atoms with van der Waals surface area (Å²) in [6.07, 6.45) is 4.49. The maximum absolute atomic E-state index is 13.9. The van der Waals surface area contributed by atoms with E-state index in [-0.39, 0.29) is 17.3 Å². The molecule has 2 aliphatic rings. The van der Waals surface area contributed by atoms with Crippen molar-refractivity contribution >= 4 is 43.2 Å². The second-order valence-electron chi connectivity index (χ2n) is 9.13. The second kappa shape index (κ2) is 8.86. The first kappa shape index (κ1) is 22.4. The van der Waals surface area contributed by atoms with E-state index in [2.05, 4.69) is 10.3 Å². The van der Waals surface area contributed by atoms with Crippen LogP contribution in [0.1, 0.15) is 34.5 Å². The number of hydrogen-bond donors (Lipinski definition) is 1. The van der Waals surface area contributed by atoms with Crippen LogP contribution in [0.3, 0.4) is 0 Å². The Morgan fingerprint density at radius 3 is 2.51 bits per heavy atom. The van der Waals surface area contributed by atoms with E-state index in [4.69, 9.17) is 0 Å². The molecule has 1 unspecified atom stereocenters. The second-order valence-corrected chi connectivity index (χ2v) is 12.1. The third-order valence-electron chi connectivity index (χ3n) is 6.91. The molecule has 0 bridgehead atoms. The van der Waals surface area contributed by atoms with Gasteiger partial charge >= 0.3 is 0 Å². The lowest BCUT2D eigenvalue weighted by Crippen LogP contribution is -2.50. The van der Waals surface area contributed by atoms with Gasteiger partial charge in [-0.25, -0.2) is 13.4 Å². The van der Waals surface area contributed by atoms with Crippen molar-refractivity contribution in [2.45, 2.75) is 49.6 Å². The maximum atomic E-state index is 13.9. The lowest BCUT2D eigenvalue weighted by molar-refractivity contribution is -0.120. The van der Waals surface area contributed by atoms with E-state index < -0.39 is 16.1 Å². The normalized spacial score (nSPS) is 18.1. The van der Waals surface area contributed by atoms with Gasteiger partial charge in [-0.1, -0.05) is 54.6 Å². The molecule has 178 valence electrons. The molecule has 2 heterocycles.